The van der Waals surface area contributed by atoms with Gasteiger partial charge in [-0.1, -0.05) is 24.3 Å². The van der Waals surface area contributed by atoms with Crippen molar-refractivity contribution in [1.82, 2.24) is 9.97 Å². The van der Waals surface area contributed by atoms with E-state index in [2.05, 4.69) is 47.3 Å². The smallest absolute Gasteiger partial charge is 0.174 e. The predicted octanol–water partition coefficient (Wildman–Crippen LogP) is 5.21. The summed E-state index contributed by atoms with van der Waals surface area (Å²) in [6, 6.07) is 14.3. The third-order valence-corrected chi connectivity index (χ3v) is 4.13. The molecule has 1 N–H and O–H groups in total. The largest absolute Gasteiger partial charge is 0.490 e. The van der Waals surface area contributed by atoms with Crippen LogP contribution in [-0.2, 0) is 0 Å². The molecule has 0 unspecified atom stereocenters. The fraction of sp³-hybridized carbons (Fsp3) is 0.238. The normalized spacial score (nSPS) is 10.6. The number of hydrogen-bond acceptors (Lipinski definition) is 4. The summed E-state index contributed by atoms with van der Waals surface area (Å²) in [5.41, 5.74) is 5.67. The van der Waals surface area contributed by atoms with Crippen LogP contribution in [0.1, 0.15) is 23.7 Å². The van der Waals surface area contributed by atoms with E-state index < -0.39 is 0 Å². The van der Waals surface area contributed by atoms with Crippen molar-refractivity contribution in [1.29, 1.82) is 0 Å². The molecule has 4 nitrogen and oxygen atoms in total. The number of nitrogens with one attached hydrogen (secondary N) is 1. The highest BCUT2D eigenvalue weighted by atomic mass is 16.5. The third-order valence-electron chi connectivity index (χ3n) is 4.13. The van der Waals surface area contributed by atoms with Crippen LogP contribution in [0.2, 0.25) is 0 Å². The van der Waals surface area contributed by atoms with E-state index in [9.17, 15) is 0 Å². The van der Waals surface area contributed by atoms with Crippen molar-refractivity contribution in [2.75, 3.05) is 11.9 Å². The van der Waals surface area contributed by atoms with Gasteiger partial charge in [-0.15, -0.1) is 0 Å². The predicted molar refractivity (Wildman–Crippen MR) is 103 cm³/mol. The summed E-state index contributed by atoms with van der Waals surface area (Å²) in [6.07, 6.45) is 1.87. The Morgan fingerprint density at radius 3 is 2.52 bits per heavy atom. The Morgan fingerprint density at radius 1 is 0.960 bits per heavy atom. The summed E-state index contributed by atoms with van der Waals surface area (Å²) in [5, 5.41) is 3.25. The minimum absolute atomic E-state index is 0.577. The van der Waals surface area contributed by atoms with Gasteiger partial charge < -0.3 is 10.1 Å². The van der Waals surface area contributed by atoms with Crippen LogP contribution in [0.4, 0.5) is 11.6 Å². The maximum Gasteiger partial charge on any atom is 0.174 e. The first-order valence-corrected chi connectivity index (χ1v) is 8.48. The number of aryl methyl sites for hydroxylation is 3. The van der Waals surface area contributed by atoms with E-state index in [1.54, 1.807) is 0 Å². The van der Waals surface area contributed by atoms with Gasteiger partial charge in [-0.3, -0.25) is 0 Å². The molecule has 0 radical (unpaired) electrons. The van der Waals surface area contributed by atoms with Crippen LogP contribution in [0.15, 0.2) is 48.7 Å². The van der Waals surface area contributed by atoms with Crippen molar-refractivity contribution >= 4 is 11.6 Å². The summed E-state index contributed by atoms with van der Waals surface area (Å²) >= 11 is 0. The van der Waals surface area contributed by atoms with Gasteiger partial charge in [0.15, 0.2) is 11.6 Å². The number of aromatic nitrogens is 2. The molecule has 3 aromatic rings. The number of anilines is 2. The number of rotatable bonds is 5. The highest BCUT2D eigenvalue weighted by Crippen LogP contribution is 2.31. The average molecular weight is 333 g/mol. The van der Waals surface area contributed by atoms with E-state index in [1.807, 2.05) is 44.3 Å². The van der Waals surface area contributed by atoms with Gasteiger partial charge in [0, 0.05) is 17.5 Å². The van der Waals surface area contributed by atoms with Crippen LogP contribution in [0.5, 0.6) is 5.75 Å². The molecule has 0 spiro atoms. The minimum Gasteiger partial charge on any atom is -0.490 e. The second-order valence-corrected chi connectivity index (χ2v) is 6.09. The monoisotopic (exact) mass is 333 g/mol. The number of benzene rings is 1. The average Bonchev–Trinajstić information content (AvgIpc) is 2.59. The van der Waals surface area contributed by atoms with Crippen molar-refractivity contribution in [3.8, 4) is 16.9 Å². The first-order valence-electron chi connectivity index (χ1n) is 8.48. The maximum atomic E-state index is 5.80. The number of ether oxygens (including phenoxy) is 1. The van der Waals surface area contributed by atoms with Crippen molar-refractivity contribution in [3.63, 3.8) is 0 Å². The molecule has 0 aliphatic rings. The van der Waals surface area contributed by atoms with Crippen LogP contribution in [0.3, 0.4) is 0 Å². The van der Waals surface area contributed by atoms with Crippen LogP contribution in [0, 0.1) is 20.8 Å². The lowest BCUT2D eigenvalue weighted by molar-refractivity contribution is 0.341. The molecular weight excluding hydrogens is 310 g/mol. The molecular formula is C21H23N3O. The SMILES string of the molecule is CCOc1cc(-c2ccc(C)c(C)c2)cnc1Nc1cccc(C)n1. The minimum atomic E-state index is 0.577. The molecule has 0 bridgehead atoms. The van der Waals surface area contributed by atoms with Gasteiger partial charge >= 0.3 is 0 Å². The molecule has 2 aromatic heterocycles. The van der Waals surface area contributed by atoms with E-state index in [1.165, 1.54) is 11.1 Å². The second-order valence-electron chi connectivity index (χ2n) is 6.09. The first-order chi connectivity index (χ1) is 12.1. The lowest BCUT2D eigenvalue weighted by atomic mass is 10.0. The molecule has 25 heavy (non-hydrogen) atoms. The molecule has 1 aromatic carbocycles. The first kappa shape index (κ1) is 17.0. The van der Waals surface area contributed by atoms with Gasteiger partial charge in [0.1, 0.15) is 5.82 Å². The van der Waals surface area contributed by atoms with Gasteiger partial charge in [-0.25, -0.2) is 9.97 Å². The van der Waals surface area contributed by atoms with Gasteiger partial charge in [-0.05, 0) is 62.6 Å². The van der Waals surface area contributed by atoms with Crippen molar-refractivity contribution in [2.45, 2.75) is 27.7 Å². The fourth-order valence-electron chi connectivity index (χ4n) is 2.62. The molecule has 0 aliphatic heterocycles. The zero-order valence-electron chi connectivity index (χ0n) is 15.1. The molecule has 0 saturated heterocycles. The molecule has 0 amide bonds. The topological polar surface area (TPSA) is 47.0 Å². The highest BCUT2D eigenvalue weighted by Gasteiger charge is 2.10. The summed E-state index contributed by atoms with van der Waals surface area (Å²) < 4.78 is 5.80. The molecule has 0 saturated carbocycles. The van der Waals surface area contributed by atoms with E-state index in [0.29, 0.717) is 12.4 Å². The van der Waals surface area contributed by atoms with Crippen LogP contribution in [0.25, 0.3) is 11.1 Å². The summed E-state index contributed by atoms with van der Waals surface area (Å²) in [6.45, 7) is 8.75. The summed E-state index contributed by atoms with van der Waals surface area (Å²) in [7, 11) is 0. The number of hydrogen-bond donors (Lipinski definition) is 1. The number of pyridine rings is 2. The van der Waals surface area contributed by atoms with E-state index in [4.69, 9.17) is 4.74 Å². The van der Waals surface area contributed by atoms with Gasteiger partial charge in [0.05, 0.1) is 6.61 Å². The molecule has 128 valence electrons. The fourth-order valence-corrected chi connectivity index (χ4v) is 2.62. The zero-order chi connectivity index (χ0) is 17.8. The highest BCUT2D eigenvalue weighted by molar-refractivity contribution is 5.70. The van der Waals surface area contributed by atoms with E-state index in [-0.39, 0.29) is 0 Å². The second kappa shape index (κ2) is 7.34. The Bertz CT molecular complexity index is 890. The van der Waals surface area contributed by atoms with Crippen LogP contribution < -0.4 is 10.1 Å². The molecule has 0 aliphatic carbocycles. The Labute approximate surface area is 148 Å². The van der Waals surface area contributed by atoms with Crippen LogP contribution >= 0.6 is 0 Å². The molecule has 3 rings (SSSR count). The van der Waals surface area contributed by atoms with E-state index in [0.717, 1.165) is 28.4 Å². The maximum absolute atomic E-state index is 5.80. The Morgan fingerprint density at radius 2 is 1.80 bits per heavy atom. The molecule has 0 atom stereocenters. The van der Waals surface area contributed by atoms with Crippen molar-refractivity contribution in [3.05, 3.63) is 65.5 Å². The molecule has 4 heteroatoms. The van der Waals surface area contributed by atoms with Gasteiger partial charge in [-0.2, -0.15) is 0 Å². The molecule has 2 heterocycles. The van der Waals surface area contributed by atoms with Crippen LogP contribution in [-0.4, -0.2) is 16.6 Å². The quantitative estimate of drug-likeness (QED) is 0.696. The van der Waals surface area contributed by atoms with Crippen molar-refractivity contribution < 1.29 is 4.74 Å². The van der Waals surface area contributed by atoms with E-state index >= 15 is 0 Å². The summed E-state index contributed by atoms with van der Waals surface area (Å²) in [5.74, 6) is 2.15. The Kier molecular flexibility index (Phi) is 4.98. The standard InChI is InChI=1S/C21H23N3O/c1-5-25-19-12-18(17-10-9-14(2)15(3)11-17)13-22-21(19)24-20-8-6-7-16(4)23-20/h6-13H,5H2,1-4H3,(H,22,23,24). The summed E-state index contributed by atoms with van der Waals surface area (Å²) in [4.78, 5) is 9.04. The Balaban J connectivity index is 1.96. The lowest BCUT2D eigenvalue weighted by Gasteiger charge is -2.13. The third kappa shape index (κ3) is 3.97. The zero-order valence-corrected chi connectivity index (χ0v) is 15.1. The number of nitrogens with zero attached hydrogens (tertiary/aromatic N) is 2. The van der Waals surface area contributed by atoms with Crippen molar-refractivity contribution in [2.24, 2.45) is 0 Å². The lowest BCUT2D eigenvalue weighted by Crippen LogP contribution is -2.02. The van der Waals surface area contributed by atoms with Gasteiger partial charge in [0.25, 0.3) is 0 Å². The molecule has 0 fully saturated rings. The Hall–Kier alpha value is -2.88. The van der Waals surface area contributed by atoms with Gasteiger partial charge in [0.2, 0.25) is 0 Å².